The lowest BCUT2D eigenvalue weighted by Gasteiger charge is -2.14. The normalized spacial score (nSPS) is 11.2. The number of hydrogen-bond acceptors (Lipinski definition) is 5. The lowest BCUT2D eigenvalue weighted by molar-refractivity contribution is -0.274. The molecule has 5 nitrogen and oxygen atoms in total. The number of rotatable bonds is 3. The summed E-state index contributed by atoms with van der Waals surface area (Å²) in [5.41, 5.74) is 5.68. The van der Waals surface area contributed by atoms with Crippen LogP contribution in [0.25, 0.3) is 0 Å². The van der Waals surface area contributed by atoms with Gasteiger partial charge in [-0.3, -0.25) is 0 Å². The van der Waals surface area contributed by atoms with E-state index in [4.69, 9.17) is 5.73 Å². The van der Waals surface area contributed by atoms with Crippen LogP contribution in [0.4, 0.5) is 30.5 Å². The Morgan fingerprint density at radius 2 is 1.90 bits per heavy atom. The van der Waals surface area contributed by atoms with E-state index in [0.29, 0.717) is 5.82 Å². The van der Waals surface area contributed by atoms with E-state index in [0.717, 1.165) is 0 Å². The molecular formula is C12H11F3N4O. The smallest absolute Gasteiger partial charge is 0.404 e. The summed E-state index contributed by atoms with van der Waals surface area (Å²) in [4.78, 5) is 7.90. The van der Waals surface area contributed by atoms with Gasteiger partial charge in [-0.2, -0.15) is 0 Å². The number of nitrogens with one attached hydrogen (secondary N) is 1. The molecule has 0 atom stereocenters. The monoisotopic (exact) mass is 284 g/mol. The molecule has 0 amide bonds. The molecule has 0 aliphatic heterocycles. The molecule has 0 radical (unpaired) electrons. The van der Waals surface area contributed by atoms with Crippen molar-refractivity contribution in [1.82, 2.24) is 9.97 Å². The van der Waals surface area contributed by atoms with Gasteiger partial charge in [0.25, 0.3) is 0 Å². The first kappa shape index (κ1) is 13.9. The maximum atomic E-state index is 12.3. The molecule has 0 saturated heterocycles. The quantitative estimate of drug-likeness (QED) is 0.906. The van der Waals surface area contributed by atoms with Crippen LogP contribution in [-0.4, -0.2) is 16.3 Å². The van der Waals surface area contributed by atoms with E-state index in [-0.39, 0.29) is 23.1 Å². The lowest BCUT2D eigenvalue weighted by Crippen LogP contribution is -2.18. The van der Waals surface area contributed by atoms with Crippen molar-refractivity contribution in [2.75, 3.05) is 11.1 Å². The van der Waals surface area contributed by atoms with Crippen LogP contribution in [0, 0.1) is 6.92 Å². The van der Waals surface area contributed by atoms with E-state index < -0.39 is 6.36 Å². The molecule has 1 heterocycles. The van der Waals surface area contributed by atoms with Gasteiger partial charge in [0.1, 0.15) is 17.5 Å². The fourth-order valence-corrected chi connectivity index (χ4v) is 1.58. The number of benzene rings is 1. The van der Waals surface area contributed by atoms with Crippen LogP contribution in [0.5, 0.6) is 5.75 Å². The number of halogens is 3. The van der Waals surface area contributed by atoms with Gasteiger partial charge < -0.3 is 15.8 Å². The molecule has 1 aromatic carbocycles. The Morgan fingerprint density at radius 3 is 2.55 bits per heavy atom. The number of nitrogens with zero attached hydrogens (tertiary/aromatic N) is 2. The standard InChI is InChI=1S/C12H11F3N4O/c1-7-17-10(16)6-11(18-7)19-8-4-2-3-5-9(8)20-12(13,14)15/h2-6H,1H3,(H3,16,17,18,19). The van der Waals surface area contributed by atoms with Crippen molar-refractivity contribution in [3.8, 4) is 5.75 Å². The average Bonchev–Trinajstić information content (AvgIpc) is 2.28. The minimum atomic E-state index is -4.77. The molecule has 106 valence electrons. The minimum Gasteiger partial charge on any atom is -0.404 e. The van der Waals surface area contributed by atoms with Crippen LogP contribution < -0.4 is 15.8 Å². The number of aromatic nitrogens is 2. The first-order valence-corrected chi connectivity index (χ1v) is 5.56. The van der Waals surface area contributed by atoms with Gasteiger partial charge in [-0.05, 0) is 19.1 Å². The van der Waals surface area contributed by atoms with Crippen molar-refractivity contribution in [3.05, 3.63) is 36.2 Å². The number of para-hydroxylation sites is 2. The second kappa shape index (κ2) is 5.24. The molecule has 0 fully saturated rings. The van der Waals surface area contributed by atoms with Gasteiger partial charge in [0.2, 0.25) is 0 Å². The summed E-state index contributed by atoms with van der Waals surface area (Å²) in [5.74, 6) is 0.555. The Bertz CT molecular complexity index is 596. The molecule has 0 aliphatic carbocycles. The Balaban J connectivity index is 2.29. The van der Waals surface area contributed by atoms with Crippen molar-refractivity contribution in [3.63, 3.8) is 0 Å². The van der Waals surface area contributed by atoms with Gasteiger partial charge >= 0.3 is 6.36 Å². The van der Waals surface area contributed by atoms with E-state index in [1.54, 1.807) is 13.0 Å². The molecule has 0 saturated carbocycles. The summed E-state index contributed by atoms with van der Waals surface area (Å²) in [6.07, 6.45) is -4.77. The van der Waals surface area contributed by atoms with Gasteiger partial charge in [0, 0.05) is 6.07 Å². The number of aryl methyl sites for hydroxylation is 1. The minimum absolute atomic E-state index is 0.127. The second-order valence-corrected chi connectivity index (χ2v) is 3.89. The average molecular weight is 284 g/mol. The Labute approximate surface area is 112 Å². The third-order valence-electron chi connectivity index (χ3n) is 2.23. The molecule has 0 aliphatic rings. The third-order valence-corrected chi connectivity index (χ3v) is 2.23. The highest BCUT2D eigenvalue weighted by Gasteiger charge is 2.32. The molecule has 3 N–H and O–H groups in total. The van der Waals surface area contributed by atoms with Gasteiger partial charge in [0.05, 0.1) is 5.69 Å². The van der Waals surface area contributed by atoms with Crippen LogP contribution in [0.1, 0.15) is 5.82 Å². The first-order chi connectivity index (χ1) is 9.33. The van der Waals surface area contributed by atoms with Crippen molar-refractivity contribution in [2.24, 2.45) is 0 Å². The zero-order chi connectivity index (χ0) is 14.8. The molecule has 0 unspecified atom stereocenters. The summed E-state index contributed by atoms with van der Waals surface area (Å²) in [6.45, 7) is 1.62. The van der Waals surface area contributed by atoms with Gasteiger partial charge in [-0.15, -0.1) is 13.2 Å². The maximum absolute atomic E-state index is 12.3. The number of anilines is 3. The van der Waals surface area contributed by atoms with Crippen LogP contribution >= 0.6 is 0 Å². The van der Waals surface area contributed by atoms with E-state index in [1.165, 1.54) is 24.3 Å². The molecule has 8 heteroatoms. The molecular weight excluding hydrogens is 273 g/mol. The molecule has 0 spiro atoms. The molecule has 2 rings (SSSR count). The van der Waals surface area contributed by atoms with Crippen molar-refractivity contribution < 1.29 is 17.9 Å². The van der Waals surface area contributed by atoms with E-state index in [9.17, 15) is 13.2 Å². The van der Waals surface area contributed by atoms with Crippen LogP contribution in [0.2, 0.25) is 0 Å². The molecule has 20 heavy (non-hydrogen) atoms. The van der Waals surface area contributed by atoms with E-state index in [1.807, 2.05) is 0 Å². The lowest BCUT2D eigenvalue weighted by atomic mass is 10.3. The number of alkyl halides is 3. The highest BCUT2D eigenvalue weighted by atomic mass is 19.4. The summed E-state index contributed by atoms with van der Waals surface area (Å²) >= 11 is 0. The zero-order valence-corrected chi connectivity index (χ0v) is 10.4. The number of hydrogen-bond donors (Lipinski definition) is 2. The first-order valence-electron chi connectivity index (χ1n) is 5.56. The summed E-state index contributed by atoms with van der Waals surface area (Å²) < 4.78 is 40.8. The fraction of sp³-hybridized carbons (Fsp3) is 0.167. The molecule has 0 bridgehead atoms. The number of nitrogens with two attached hydrogens (primary N) is 1. The SMILES string of the molecule is Cc1nc(N)cc(Nc2ccccc2OC(F)(F)F)n1. The third kappa shape index (κ3) is 3.74. The Kier molecular flexibility index (Phi) is 3.64. The number of ether oxygens (including phenoxy) is 1. The van der Waals surface area contributed by atoms with Gasteiger partial charge in [-0.25, -0.2) is 9.97 Å². The molecule has 2 aromatic rings. The zero-order valence-electron chi connectivity index (χ0n) is 10.4. The Hall–Kier alpha value is -2.51. The van der Waals surface area contributed by atoms with E-state index >= 15 is 0 Å². The van der Waals surface area contributed by atoms with Crippen molar-refractivity contribution in [1.29, 1.82) is 0 Å². The number of nitrogen functional groups attached to an aromatic ring is 1. The maximum Gasteiger partial charge on any atom is 0.573 e. The van der Waals surface area contributed by atoms with Crippen LogP contribution in [-0.2, 0) is 0 Å². The predicted molar refractivity (Wildman–Crippen MR) is 67.6 cm³/mol. The largest absolute Gasteiger partial charge is 0.573 e. The highest BCUT2D eigenvalue weighted by Crippen LogP contribution is 2.31. The van der Waals surface area contributed by atoms with Crippen molar-refractivity contribution >= 4 is 17.3 Å². The van der Waals surface area contributed by atoms with Crippen LogP contribution in [0.3, 0.4) is 0 Å². The van der Waals surface area contributed by atoms with E-state index in [2.05, 4.69) is 20.0 Å². The second-order valence-electron chi connectivity index (χ2n) is 3.89. The Morgan fingerprint density at radius 1 is 1.20 bits per heavy atom. The molecule has 1 aromatic heterocycles. The van der Waals surface area contributed by atoms with Crippen LogP contribution in [0.15, 0.2) is 30.3 Å². The summed E-state index contributed by atoms with van der Waals surface area (Å²) in [6, 6.07) is 7.06. The summed E-state index contributed by atoms with van der Waals surface area (Å²) in [5, 5.41) is 2.72. The predicted octanol–water partition coefficient (Wildman–Crippen LogP) is 3.01. The van der Waals surface area contributed by atoms with Gasteiger partial charge in [-0.1, -0.05) is 12.1 Å². The topological polar surface area (TPSA) is 73.1 Å². The highest BCUT2D eigenvalue weighted by molar-refractivity contribution is 5.65. The van der Waals surface area contributed by atoms with Crippen molar-refractivity contribution in [2.45, 2.75) is 13.3 Å². The van der Waals surface area contributed by atoms with Gasteiger partial charge in [0.15, 0.2) is 5.75 Å². The summed E-state index contributed by atoms with van der Waals surface area (Å²) in [7, 11) is 0. The fourth-order valence-electron chi connectivity index (χ4n) is 1.58.